The summed E-state index contributed by atoms with van der Waals surface area (Å²) in [7, 11) is 0. The van der Waals surface area contributed by atoms with E-state index in [9.17, 15) is 4.79 Å². The van der Waals surface area contributed by atoms with Crippen LogP contribution in [0, 0.1) is 18.8 Å². The number of benzene rings is 1. The molecule has 5 nitrogen and oxygen atoms in total. The lowest BCUT2D eigenvalue weighted by Crippen LogP contribution is -2.36. The van der Waals surface area contributed by atoms with E-state index in [4.69, 9.17) is 0 Å². The van der Waals surface area contributed by atoms with Gasteiger partial charge in [-0.15, -0.1) is 0 Å². The molecule has 1 aromatic heterocycles. The molecule has 1 saturated heterocycles. The second-order valence-electron chi connectivity index (χ2n) is 5.83. The zero-order chi connectivity index (χ0) is 14.8. The van der Waals surface area contributed by atoms with E-state index < -0.39 is 0 Å². The standard InChI is InChI=1S/C16H22N4O/c1-11-9-17-10-13(11)16(21)18-7-8-20-12(2)19-14-5-3-4-6-15(14)20/h3-6,11,13,17H,7-10H2,1-2H3,(H,18,21). The quantitative estimate of drug-likeness (QED) is 0.891. The monoisotopic (exact) mass is 286 g/mol. The fourth-order valence-corrected chi connectivity index (χ4v) is 3.06. The number of carbonyl (C=O) groups excluding carboxylic acids is 1. The first kappa shape index (κ1) is 14.1. The van der Waals surface area contributed by atoms with Crippen molar-refractivity contribution >= 4 is 16.9 Å². The maximum atomic E-state index is 12.2. The minimum Gasteiger partial charge on any atom is -0.354 e. The molecule has 0 bridgehead atoms. The van der Waals surface area contributed by atoms with Gasteiger partial charge in [-0.05, 0) is 31.5 Å². The number of hydrogen-bond acceptors (Lipinski definition) is 3. The first-order valence-corrected chi connectivity index (χ1v) is 7.57. The van der Waals surface area contributed by atoms with Crippen LogP contribution in [0.4, 0.5) is 0 Å². The largest absolute Gasteiger partial charge is 0.354 e. The third-order valence-electron chi connectivity index (χ3n) is 4.33. The molecule has 0 radical (unpaired) electrons. The number of para-hydroxylation sites is 2. The molecule has 1 aromatic carbocycles. The molecule has 1 fully saturated rings. The summed E-state index contributed by atoms with van der Waals surface area (Å²) in [5, 5.41) is 6.32. The molecule has 1 amide bonds. The highest BCUT2D eigenvalue weighted by atomic mass is 16.1. The molecule has 1 aliphatic heterocycles. The number of nitrogens with zero attached hydrogens (tertiary/aromatic N) is 2. The Morgan fingerprint density at radius 3 is 3.00 bits per heavy atom. The molecule has 0 spiro atoms. The van der Waals surface area contributed by atoms with E-state index in [1.807, 2.05) is 25.1 Å². The molecule has 3 rings (SSSR count). The Morgan fingerprint density at radius 2 is 2.24 bits per heavy atom. The molecule has 21 heavy (non-hydrogen) atoms. The van der Waals surface area contributed by atoms with Gasteiger partial charge < -0.3 is 15.2 Å². The maximum absolute atomic E-state index is 12.2. The SMILES string of the molecule is Cc1nc2ccccc2n1CCNC(=O)C1CNCC1C. The normalized spacial score (nSPS) is 21.8. The molecule has 1 aliphatic rings. The van der Waals surface area contributed by atoms with Gasteiger partial charge in [0.15, 0.2) is 0 Å². The van der Waals surface area contributed by atoms with Crippen molar-refractivity contribution in [3.05, 3.63) is 30.1 Å². The Morgan fingerprint density at radius 1 is 1.43 bits per heavy atom. The van der Waals surface area contributed by atoms with Crippen molar-refractivity contribution in [1.82, 2.24) is 20.2 Å². The summed E-state index contributed by atoms with van der Waals surface area (Å²) >= 11 is 0. The van der Waals surface area contributed by atoms with Crippen LogP contribution in [0.25, 0.3) is 11.0 Å². The van der Waals surface area contributed by atoms with E-state index in [0.717, 1.165) is 36.5 Å². The lowest BCUT2D eigenvalue weighted by molar-refractivity contribution is -0.125. The second kappa shape index (κ2) is 5.85. The molecular formula is C16H22N4O. The van der Waals surface area contributed by atoms with Crippen LogP contribution >= 0.6 is 0 Å². The van der Waals surface area contributed by atoms with Crippen LogP contribution < -0.4 is 10.6 Å². The van der Waals surface area contributed by atoms with E-state index in [1.54, 1.807) is 0 Å². The Hall–Kier alpha value is -1.88. The molecule has 2 unspecified atom stereocenters. The highest BCUT2D eigenvalue weighted by Crippen LogP contribution is 2.16. The minimum atomic E-state index is 0.102. The average Bonchev–Trinajstić information content (AvgIpc) is 3.03. The average molecular weight is 286 g/mol. The number of imidazole rings is 1. The molecule has 2 heterocycles. The molecule has 0 aliphatic carbocycles. The van der Waals surface area contributed by atoms with Gasteiger partial charge in [-0.3, -0.25) is 4.79 Å². The first-order chi connectivity index (χ1) is 10.2. The molecule has 2 aromatic rings. The van der Waals surface area contributed by atoms with Crippen molar-refractivity contribution < 1.29 is 4.79 Å². The number of carbonyl (C=O) groups is 1. The van der Waals surface area contributed by atoms with Gasteiger partial charge in [0.25, 0.3) is 0 Å². The van der Waals surface area contributed by atoms with Gasteiger partial charge >= 0.3 is 0 Å². The number of rotatable bonds is 4. The van der Waals surface area contributed by atoms with Crippen LogP contribution in [-0.2, 0) is 11.3 Å². The fourth-order valence-electron chi connectivity index (χ4n) is 3.06. The first-order valence-electron chi connectivity index (χ1n) is 7.57. The zero-order valence-electron chi connectivity index (χ0n) is 12.6. The predicted octanol–water partition coefficient (Wildman–Crippen LogP) is 1.32. The Balaban J connectivity index is 1.62. The minimum absolute atomic E-state index is 0.102. The van der Waals surface area contributed by atoms with Gasteiger partial charge in [0.1, 0.15) is 5.82 Å². The topological polar surface area (TPSA) is 59.0 Å². The summed E-state index contributed by atoms with van der Waals surface area (Å²) < 4.78 is 2.16. The number of nitrogens with one attached hydrogen (secondary N) is 2. The van der Waals surface area contributed by atoms with Gasteiger partial charge in [0.2, 0.25) is 5.91 Å². The van der Waals surface area contributed by atoms with Crippen LogP contribution in [-0.4, -0.2) is 35.1 Å². The third-order valence-corrected chi connectivity index (χ3v) is 4.33. The van der Waals surface area contributed by atoms with Crippen molar-refractivity contribution in [2.75, 3.05) is 19.6 Å². The second-order valence-corrected chi connectivity index (χ2v) is 5.83. The summed E-state index contributed by atoms with van der Waals surface area (Å²) in [4.78, 5) is 16.7. The fraction of sp³-hybridized carbons (Fsp3) is 0.500. The summed E-state index contributed by atoms with van der Waals surface area (Å²) in [5.74, 6) is 1.67. The van der Waals surface area contributed by atoms with E-state index in [-0.39, 0.29) is 11.8 Å². The molecule has 112 valence electrons. The predicted molar refractivity (Wildman–Crippen MR) is 83.0 cm³/mol. The molecule has 2 N–H and O–H groups in total. The van der Waals surface area contributed by atoms with Gasteiger partial charge in [-0.1, -0.05) is 19.1 Å². The Kier molecular flexibility index (Phi) is 3.92. The number of aryl methyl sites for hydroxylation is 1. The van der Waals surface area contributed by atoms with Gasteiger partial charge in [0, 0.05) is 19.6 Å². The number of amides is 1. The Bertz CT molecular complexity index is 649. The molecular weight excluding hydrogens is 264 g/mol. The number of hydrogen-bond donors (Lipinski definition) is 2. The lowest BCUT2D eigenvalue weighted by Gasteiger charge is -2.15. The molecule has 2 atom stereocenters. The van der Waals surface area contributed by atoms with Gasteiger partial charge in [-0.2, -0.15) is 0 Å². The van der Waals surface area contributed by atoms with Crippen molar-refractivity contribution in [2.45, 2.75) is 20.4 Å². The van der Waals surface area contributed by atoms with Crippen molar-refractivity contribution in [3.8, 4) is 0 Å². The third kappa shape index (κ3) is 2.78. The van der Waals surface area contributed by atoms with Crippen molar-refractivity contribution in [2.24, 2.45) is 11.8 Å². The van der Waals surface area contributed by atoms with Gasteiger partial charge in [-0.25, -0.2) is 4.98 Å². The smallest absolute Gasteiger partial charge is 0.224 e. The molecule has 0 saturated carbocycles. The summed E-state index contributed by atoms with van der Waals surface area (Å²) in [6.45, 7) is 7.25. The van der Waals surface area contributed by atoms with Crippen LogP contribution in [0.15, 0.2) is 24.3 Å². The van der Waals surface area contributed by atoms with Gasteiger partial charge in [0.05, 0.1) is 17.0 Å². The lowest BCUT2D eigenvalue weighted by atomic mass is 9.97. The summed E-state index contributed by atoms with van der Waals surface area (Å²) in [6.07, 6.45) is 0. The van der Waals surface area contributed by atoms with Crippen molar-refractivity contribution in [1.29, 1.82) is 0 Å². The van der Waals surface area contributed by atoms with Crippen LogP contribution in [0.3, 0.4) is 0 Å². The summed E-state index contributed by atoms with van der Waals surface area (Å²) in [6, 6.07) is 8.10. The number of fused-ring (bicyclic) bond motifs is 1. The zero-order valence-corrected chi connectivity index (χ0v) is 12.6. The van der Waals surface area contributed by atoms with Crippen LogP contribution in [0.5, 0.6) is 0 Å². The number of aromatic nitrogens is 2. The highest BCUT2D eigenvalue weighted by molar-refractivity contribution is 5.79. The Labute approximate surface area is 124 Å². The summed E-state index contributed by atoms with van der Waals surface area (Å²) in [5.41, 5.74) is 2.13. The molecule has 5 heteroatoms. The van der Waals surface area contributed by atoms with E-state index in [0.29, 0.717) is 12.5 Å². The van der Waals surface area contributed by atoms with E-state index >= 15 is 0 Å². The van der Waals surface area contributed by atoms with Crippen LogP contribution in [0.2, 0.25) is 0 Å². The highest BCUT2D eigenvalue weighted by Gasteiger charge is 2.29. The maximum Gasteiger partial charge on any atom is 0.224 e. The van der Waals surface area contributed by atoms with Crippen molar-refractivity contribution in [3.63, 3.8) is 0 Å². The van der Waals surface area contributed by atoms with Crippen LogP contribution in [0.1, 0.15) is 12.7 Å². The van der Waals surface area contributed by atoms with E-state index in [2.05, 4.69) is 33.2 Å². The van der Waals surface area contributed by atoms with E-state index in [1.165, 1.54) is 0 Å².